The second-order valence-corrected chi connectivity index (χ2v) is 7.34. The normalized spacial score (nSPS) is 11.2. The number of rotatable bonds is 5. The first-order valence-electron chi connectivity index (χ1n) is 7.76. The summed E-state index contributed by atoms with van der Waals surface area (Å²) in [6.45, 7) is 2.10. The number of sulfone groups is 1. The molecule has 0 fully saturated rings. The summed E-state index contributed by atoms with van der Waals surface area (Å²) >= 11 is 0. The van der Waals surface area contributed by atoms with Crippen LogP contribution in [0.25, 0.3) is 0 Å². The van der Waals surface area contributed by atoms with E-state index in [0.29, 0.717) is 5.75 Å². The van der Waals surface area contributed by atoms with Crippen molar-refractivity contribution in [3.8, 4) is 11.5 Å². The van der Waals surface area contributed by atoms with Gasteiger partial charge in [-0.15, -0.1) is 0 Å². The summed E-state index contributed by atoms with van der Waals surface area (Å²) in [5, 5.41) is 0. The van der Waals surface area contributed by atoms with Gasteiger partial charge >= 0.3 is 0 Å². The molecule has 3 rings (SSSR count). The SMILES string of the molecule is CCc1ccc(Oc2ccc(S(=O)(=O)c3ccccc3)cc2)cc1. The maximum atomic E-state index is 12.5. The van der Waals surface area contributed by atoms with Gasteiger partial charge < -0.3 is 4.74 Å². The summed E-state index contributed by atoms with van der Waals surface area (Å²) in [7, 11) is -3.49. The Balaban J connectivity index is 1.80. The highest BCUT2D eigenvalue weighted by Crippen LogP contribution is 2.26. The minimum atomic E-state index is -3.49. The van der Waals surface area contributed by atoms with Crippen LogP contribution >= 0.6 is 0 Å². The lowest BCUT2D eigenvalue weighted by Gasteiger charge is -2.08. The van der Waals surface area contributed by atoms with Gasteiger partial charge in [-0.05, 0) is 60.5 Å². The van der Waals surface area contributed by atoms with Crippen LogP contribution < -0.4 is 4.74 Å². The van der Waals surface area contributed by atoms with Crippen LogP contribution in [0, 0.1) is 0 Å². The molecule has 0 radical (unpaired) electrons. The minimum Gasteiger partial charge on any atom is -0.457 e. The topological polar surface area (TPSA) is 43.4 Å². The van der Waals surface area contributed by atoms with Gasteiger partial charge in [0.1, 0.15) is 11.5 Å². The Bertz CT molecular complexity index is 897. The Morgan fingerprint density at radius 3 is 1.75 bits per heavy atom. The zero-order chi connectivity index (χ0) is 17.0. The standard InChI is InChI=1S/C20H18O3S/c1-2-16-8-10-17(11-9-16)23-18-12-14-20(15-13-18)24(21,22)19-6-4-3-5-7-19/h3-15H,2H2,1H3. The van der Waals surface area contributed by atoms with E-state index in [0.717, 1.165) is 12.2 Å². The molecule has 0 saturated heterocycles. The fourth-order valence-corrected chi connectivity index (χ4v) is 3.63. The molecule has 3 aromatic rings. The molecular formula is C20H18O3S. The summed E-state index contributed by atoms with van der Waals surface area (Å²) < 4.78 is 30.8. The van der Waals surface area contributed by atoms with Gasteiger partial charge in [0.15, 0.2) is 0 Å². The van der Waals surface area contributed by atoms with E-state index in [4.69, 9.17) is 4.74 Å². The molecule has 0 spiro atoms. The van der Waals surface area contributed by atoms with E-state index in [1.807, 2.05) is 24.3 Å². The highest BCUT2D eigenvalue weighted by atomic mass is 32.2. The smallest absolute Gasteiger partial charge is 0.206 e. The molecule has 0 saturated carbocycles. The van der Waals surface area contributed by atoms with Gasteiger partial charge in [0.05, 0.1) is 9.79 Å². The van der Waals surface area contributed by atoms with Crippen LogP contribution in [0.3, 0.4) is 0 Å². The Labute approximate surface area is 142 Å². The fourth-order valence-electron chi connectivity index (χ4n) is 2.35. The Hall–Kier alpha value is -2.59. The molecule has 4 heteroatoms. The summed E-state index contributed by atoms with van der Waals surface area (Å²) in [4.78, 5) is 0.538. The molecule has 0 aliphatic carbocycles. The van der Waals surface area contributed by atoms with Crippen molar-refractivity contribution in [1.82, 2.24) is 0 Å². The third-order valence-corrected chi connectivity index (χ3v) is 5.54. The van der Waals surface area contributed by atoms with Gasteiger partial charge in [0, 0.05) is 0 Å². The van der Waals surface area contributed by atoms with Crippen molar-refractivity contribution in [2.24, 2.45) is 0 Å². The molecule has 122 valence electrons. The molecule has 0 aromatic heterocycles. The average molecular weight is 338 g/mol. The van der Waals surface area contributed by atoms with Crippen LogP contribution in [-0.2, 0) is 16.3 Å². The van der Waals surface area contributed by atoms with E-state index < -0.39 is 9.84 Å². The lowest BCUT2D eigenvalue weighted by Crippen LogP contribution is -2.01. The van der Waals surface area contributed by atoms with Crippen molar-refractivity contribution in [2.75, 3.05) is 0 Å². The minimum absolute atomic E-state index is 0.252. The Morgan fingerprint density at radius 1 is 0.708 bits per heavy atom. The van der Waals surface area contributed by atoms with Crippen molar-refractivity contribution >= 4 is 9.84 Å². The van der Waals surface area contributed by atoms with Gasteiger partial charge in [0.2, 0.25) is 9.84 Å². The number of benzene rings is 3. The number of aryl methyl sites for hydroxylation is 1. The summed E-state index contributed by atoms with van der Waals surface area (Å²) in [5.74, 6) is 1.33. The van der Waals surface area contributed by atoms with Gasteiger partial charge in [-0.25, -0.2) is 8.42 Å². The van der Waals surface area contributed by atoms with E-state index in [-0.39, 0.29) is 9.79 Å². The summed E-state index contributed by atoms with van der Waals surface area (Å²) in [6, 6.07) is 22.7. The van der Waals surface area contributed by atoms with Crippen molar-refractivity contribution in [3.05, 3.63) is 84.4 Å². The monoisotopic (exact) mass is 338 g/mol. The molecule has 3 aromatic carbocycles. The van der Waals surface area contributed by atoms with Crippen LogP contribution in [0.4, 0.5) is 0 Å². The largest absolute Gasteiger partial charge is 0.457 e. The van der Waals surface area contributed by atoms with Crippen molar-refractivity contribution in [2.45, 2.75) is 23.1 Å². The summed E-state index contributed by atoms with van der Waals surface area (Å²) in [5.41, 5.74) is 1.24. The lowest BCUT2D eigenvalue weighted by atomic mass is 10.2. The molecule has 0 aliphatic heterocycles. The predicted molar refractivity (Wildman–Crippen MR) is 94.2 cm³/mol. The first-order valence-corrected chi connectivity index (χ1v) is 9.25. The number of ether oxygens (including phenoxy) is 1. The number of hydrogen-bond donors (Lipinski definition) is 0. The van der Waals surface area contributed by atoms with E-state index in [2.05, 4.69) is 6.92 Å². The second kappa shape index (κ2) is 6.89. The molecule has 0 unspecified atom stereocenters. The van der Waals surface area contributed by atoms with Crippen molar-refractivity contribution < 1.29 is 13.2 Å². The van der Waals surface area contributed by atoms with Gasteiger partial charge in [-0.2, -0.15) is 0 Å². The third kappa shape index (κ3) is 3.49. The first kappa shape index (κ1) is 16.3. The summed E-state index contributed by atoms with van der Waals surface area (Å²) in [6.07, 6.45) is 0.978. The van der Waals surface area contributed by atoms with Crippen LogP contribution in [-0.4, -0.2) is 8.42 Å². The zero-order valence-electron chi connectivity index (χ0n) is 13.3. The highest BCUT2D eigenvalue weighted by Gasteiger charge is 2.16. The fraction of sp³-hybridized carbons (Fsp3) is 0.100. The second-order valence-electron chi connectivity index (χ2n) is 5.39. The Kier molecular flexibility index (Phi) is 4.67. The van der Waals surface area contributed by atoms with Crippen LogP contribution in [0.1, 0.15) is 12.5 Å². The third-order valence-electron chi connectivity index (χ3n) is 3.75. The molecule has 0 bridgehead atoms. The zero-order valence-corrected chi connectivity index (χ0v) is 14.2. The number of hydrogen-bond acceptors (Lipinski definition) is 3. The molecule has 24 heavy (non-hydrogen) atoms. The first-order chi connectivity index (χ1) is 11.6. The van der Waals surface area contributed by atoms with Gasteiger partial charge in [-0.1, -0.05) is 37.3 Å². The van der Waals surface area contributed by atoms with Crippen molar-refractivity contribution in [3.63, 3.8) is 0 Å². The van der Waals surface area contributed by atoms with Crippen LogP contribution in [0.5, 0.6) is 11.5 Å². The average Bonchev–Trinajstić information content (AvgIpc) is 2.63. The maximum Gasteiger partial charge on any atom is 0.206 e. The molecule has 0 N–H and O–H groups in total. The highest BCUT2D eigenvalue weighted by molar-refractivity contribution is 7.91. The quantitative estimate of drug-likeness (QED) is 0.666. The van der Waals surface area contributed by atoms with Crippen LogP contribution in [0.15, 0.2) is 88.7 Å². The molecule has 0 aliphatic rings. The Morgan fingerprint density at radius 2 is 1.21 bits per heavy atom. The molecule has 0 heterocycles. The molecule has 3 nitrogen and oxygen atoms in total. The van der Waals surface area contributed by atoms with E-state index in [1.165, 1.54) is 5.56 Å². The van der Waals surface area contributed by atoms with E-state index in [1.54, 1.807) is 54.6 Å². The van der Waals surface area contributed by atoms with Gasteiger partial charge in [0.25, 0.3) is 0 Å². The van der Waals surface area contributed by atoms with Crippen molar-refractivity contribution in [1.29, 1.82) is 0 Å². The lowest BCUT2D eigenvalue weighted by molar-refractivity contribution is 0.482. The van der Waals surface area contributed by atoms with Crippen LogP contribution in [0.2, 0.25) is 0 Å². The maximum absolute atomic E-state index is 12.5. The van der Waals surface area contributed by atoms with E-state index in [9.17, 15) is 8.42 Å². The van der Waals surface area contributed by atoms with Gasteiger partial charge in [-0.3, -0.25) is 0 Å². The molecule has 0 amide bonds. The predicted octanol–water partition coefficient (Wildman–Crippen LogP) is 4.87. The molecule has 0 atom stereocenters. The molecular weight excluding hydrogens is 320 g/mol. The van der Waals surface area contributed by atoms with E-state index >= 15 is 0 Å².